The van der Waals surface area contributed by atoms with Gasteiger partial charge >= 0.3 is 11.9 Å². The molecule has 1 aliphatic heterocycles. The van der Waals surface area contributed by atoms with E-state index < -0.39 is 11.9 Å². The summed E-state index contributed by atoms with van der Waals surface area (Å²) in [6, 6.07) is 8.29. The molecule has 0 aromatic heterocycles. The van der Waals surface area contributed by atoms with Crippen molar-refractivity contribution < 1.29 is 14.3 Å². The van der Waals surface area contributed by atoms with Crippen LogP contribution in [0.5, 0.6) is 0 Å². The van der Waals surface area contributed by atoms with Crippen molar-refractivity contribution in [2.24, 2.45) is 0 Å². The van der Waals surface area contributed by atoms with Crippen molar-refractivity contribution in [3.8, 4) is 0 Å². The second-order valence-electron chi connectivity index (χ2n) is 5.55. The Morgan fingerprint density at radius 1 is 1.27 bits per heavy atom. The van der Waals surface area contributed by atoms with Crippen LogP contribution in [0.3, 0.4) is 0 Å². The Morgan fingerprint density at radius 2 is 1.95 bits per heavy atom. The van der Waals surface area contributed by atoms with Gasteiger partial charge in [0.15, 0.2) is 0 Å². The van der Waals surface area contributed by atoms with Gasteiger partial charge in [0.25, 0.3) is 0 Å². The van der Waals surface area contributed by atoms with Gasteiger partial charge < -0.3 is 10.1 Å². The lowest BCUT2D eigenvalue weighted by Gasteiger charge is -2.29. The molecule has 5 heteroatoms. The molecule has 1 saturated heterocycles. The van der Waals surface area contributed by atoms with E-state index >= 15 is 0 Å². The first-order valence-corrected chi connectivity index (χ1v) is 7.88. The first-order valence-electron chi connectivity index (χ1n) is 7.88. The molecule has 120 valence electrons. The maximum atomic E-state index is 11.8. The van der Waals surface area contributed by atoms with E-state index in [9.17, 15) is 9.59 Å². The highest BCUT2D eigenvalue weighted by molar-refractivity contribution is 6.32. The molecule has 1 unspecified atom stereocenters. The van der Waals surface area contributed by atoms with Crippen LogP contribution in [0.4, 0.5) is 0 Å². The summed E-state index contributed by atoms with van der Waals surface area (Å²) in [5.74, 6) is -1.48. The molecule has 1 aromatic rings. The van der Waals surface area contributed by atoms with Crippen molar-refractivity contribution in [2.45, 2.75) is 32.7 Å². The zero-order chi connectivity index (χ0) is 15.9. The van der Waals surface area contributed by atoms with E-state index in [4.69, 9.17) is 4.74 Å². The standard InChI is InChI=1S/C17H24N2O3/c1-3-22-17(21)16(20)18-12-15(19-10-6-7-11-19)14-9-5-4-8-13(14)2/h4-5,8-9,15H,3,6-7,10-12H2,1-2H3,(H,18,20). The largest absolute Gasteiger partial charge is 0.459 e. The fourth-order valence-electron chi connectivity index (χ4n) is 2.91. The predicted molar refractivity (Wildman–Crippen MR) is 84.4 cm³/mol. The van der Waals surface area contributed by atoms with Crippen LogP contribution in [0.2, 0.25) is 0 Å². The van der Waals surface area contributed by atoms with Crippen LogP contribution in [-0.2, 0) is 14.3 Å². The van der Waals surface area contributed by atoms with Crippen molar-refractivity contribution in [3.63, 3.8) is 0 Å². The van der Waals surface area contributed by atoms with Crippen LogP contribution >= 0.6 is 0 Å². The Bertz CT molecular complexity index is 524. The summed E-state index contributed by atoms with van der Waals surface area (Å²) >= 11 is 0. The van der Waals surface area contributed by atoms with Crippen molar-refractivity contribution in [3.05, 3.63) is 35.4 Å². The lowest BCUT2D eigenvalue weighted by Crippen LogP contribution is -2.40. The van der Waals surface area contributed by atoms with Gasteiger partial charge in [-0.05, 0) is 50.9 Å². The minimum atomic E-state index is -0.813. The van der Waals surface area contributed by atoms with Gasteiger partial charge in [-0.2, -0.15) is 0 Å². The van der Waals surface area contributed by atoms with Crippen LogP contribution in [-0.4, -0.2) is 43.0 Å². The zero-order valence-electron chi connectivity index (χ0n) is 13.3. The molecule has 0 spiro atoms. The summed E-state index contributed by atoms with van der Waals surface area (Å²) in [6.45, 7) is 6.43. The number of likely N-dealkylation sites (tertiary alicyclic amines) is 1. The summed E-state index contributed by atoms with van der Waals surface area (Å²) in [6.07, 6.45) is 2.35. The second-order valence-corrected chi connectivity index (χ2v) is 5.55. The molecule has 1 amide bonds. The first kappa shape index (κ1) is 16.5. The van der Waals surface area contributed by atoms with Gasteiger partial charge in [0, 0.05) is 6.54 Å². The fraction of sp³-hybridized carbons (Fsp3) is 0.529. The van der Waals surface area contributed by atoms with E-state index in [1.165, 1.54) is 24.0 Å². The van der Waals surface area contributed by atoms with Gasteiger partial charge in [-0.3, -0.25) is 9.69 Å². The minimum absolute atomic E-state index is 0.0991. The molecule has 0 radical (unpaired) electrons. The van der Waals surface area contributed by atoms with Crippen molar-refractivity contribution in [1.82, 2.24) is 10.2 Å². The highest BCUT2D eigenvalue weighted by Crippen LogP contribution is 2.26. The molecule has 0 saturated carbocycles. The number of hydrogen-bond donors (Lipinski definition) is 1. The number of carbonyl (C=O) groups is 2. The number of amides is 1. The fourth-order valence-corrected chi connectivity index (χ4v) is 2.91. The molecule has 0 bridgehead atoms. The molecular weight excluding hydrogens is 280 g/mol. The van der Waals surface area contributed by atoms with E-state index in [2.05, 4.69) is 29.3 Å². The van der Waals surface area contributed by atoms with Gasteiger partial charge in [-0.1, -0.05) is 24.3 Å². The quantitative estimate of drug-likeness (QED) is 0.666. The lowest BCUT2D eigenvalue weighted by atomic mass is 10.00. The number of esters is 1. The van der Waals surface area contributed by atoms with Crippen LogP contribution in [0.1, 0.15) is 36.9 Å². The van der Waals surface area contributed by atoms with Crippen LogP contribution in [0.25, 0.3) is 0 Å². The van der Waals surface area contributed by atoms with Gasteiger partial charge in [0.1, 0.15) is 0 Å². The van der Waals surface area contributed by atoms with Crippen molar-refractivity contribution in [2.75, 3.05) is 26.2 Å². The maximum Gasteiger partial charge on any atom is 0.396 e. The Hall–Kier alpha value is -1.88. The monoisotopic (exact) mass is 304 g/mol. The third-order valence-electron chi connectivity index (χ3n) is 4.05. The Morgan fingerprint density at radius 3 is 2.59 bits per heavy atom. The summed E-state index contributed by atoms with van der Waals surface area (Å²) < 4.78 is 4.73. The average Bonchev–Trinajstić information content (AvgIpc) is 3.03. The number of nitrogens with zero attached hydrogens (tertiary/aromatic N) is 1. The van der Waals surface area contributed by atoms with Gasteiger partial charge in [-0.25, -0.2) is 4.79 Å². The summed E-state index contributed by atoms with van der Waals surface area (Å²) in [4.78, 5) is 25.6. The van der Waals surface area contributed by atoms with Crippen LogP contribution < -0.4 is 5.32 Å². The highest BCUT2D eigenvalue weighted by Gasteiger charge is 2.26. The molecule has 1 N–H and O–H groups in total. The van der Waals surface area contributed by atoms with E-state index in [1.54, 1.807) is 6.92 Å². The van der Waals surface area contributed by atoms with Crippen molar-refractivity contribution >= 4 is 11.9 Å². The van der Waals surface area contributed by atoms with Gasteiger partial charge in [0.05, 0.1) is 12.6 Å². The minimum Gasteiger partial charge on any atom is -0.459 e. The molecule has 2 rings (SSSR count). The normalized spacial score (nSPS) is 16.3. The Kier molecular flexibility index (Phi) is 5.95. The average molecular weight is 304 g/mol. The summed E-state index contributed by atoms with van der Waals surface area (Å²) in [5, 5.41) is 2.71. The highest BCUT2D eigenvalue weighted by atomic mass is 16.5. The van der Waals surface area contributed by atoms with E-state index in [0.717, 1.165) is 13.1 Å². The summed E-state index contributed by atoms with van der Waals surface area (Å²) in [7, 11) is 0. The van der Waals surface area contributed by atoms with E-state index in [0.29, 0.717) is 6.54 Å². The molecule has 22 heavy (non-hydrogen) atoms. The number of carbonyl (C=O) groups excluding carboxylic acids is 2. The van der Waals surface area contributed by atoms with Crippen molar-refractivity contribution in [1.29, 1.82) is 0 Å². The van der Waals surface area contributed by atoms with Crippen LogP contribution in [0, 0.1) is 6.92 Å². The third kappa shape index (κ3) is 4.07. The predicted octanol–water partition coefficient (Wildman–Crippen LogP) is 1.81. The van der Waals surface area contributed by atoms with E-state index in [-0.39, 0.29) is 12.6 Å². The third-order valence-corrected chi connectivity index (χ3v) is 4.05. The number of ether oxygens (including phenoxy) is 1. The second kappa shape index (κ2) is 7.94. The first-order chi connectivity index (χ1) is 10.6. The smallest absolute Gasteiger partial charge is 0.396 e. The Balaban J connectivity index is 2.07. The molecular formula is C17H24N2O3. The van der Waals surface area contributed by atoms with Gasteiger partial charge in [-0.15, -0.1) is 0 Å². The Labute approximate surface area is 131 Å². The molecule has 1 aromatic carbocycles. The molecule has 1 heterocycles. The molecule has 1 fully saturated rings. The number of nitrogens with one attached hydrogen (secondary N) is 1. The molecule has 0 aliphatic carbocycles. The summed E-state index contributed by atoms with van der Waals surface area (Å²) in [5.41, 5.74) is 2.40. The van der Waals surface area contributed by atoms with Gasteiger partial charge in [0.2, 0.25) is 0 Å². The SMILES string of the molecule is CCOC(=O)C(=O)NCC(c1ccccc1C)N1CCCC1. The molecule has 1 atom stereocenters. The number of hydrogen-bond acceptors (Lipinski definition) is 4. The number of benzene rings is 1. The van der Waals surface area contributed by atoms with E-state index in [1.807, 2.05) is 12.1 Å². The number of aryl methyl sites for hydroxylation is 1. The zero-order valence-corrected chi connectivity index (χ0v) is 13.3. The molecule has 1 aliphatic rings. The topological polar surface area (TPSA) is 58.6 Å². The maximum absolute atomic E-state index is 11.8. The number of rotatable bonds is 5. The molecule has 5 nitrogen and oxygen atoms in total. The lowest BCUT2D eigenvalue weighted by molar-refractivity contribution is -0.154. The van der Waals surface area contributed by atoms with Crippen LogP contribution in [0.15, 0.2) is 24.3 Å².